The molecule has 2 fully saturated rings. The SMILES string of the molecule is Cc1cc(OP(=O)([O-])OP(C)(=O)[O-])cc2c1[C@]1(C)CC[C@H]3C(C)(C)CCC[C@]3(C)[C@H]1C2. The van der Waals surface area contributed by atoms with Gasteiger partial charge in [-0.1, -0.05) is 34.1 Å². The molecule has 0 N–H and O–H groups in total. The summed E-state index contributed by atoms with van der Waals surface area (Å²) in [6.07, 6.45) is 7.00. The quantitative estimate of drug-likeness (QED) is 0.570. The molecule has 0 heterocycles. The molecule has 0 bridgehead atoms. The zero-order chi connectivity index (χ0) is 23.0. The Hall–Kier alpha value is -0.640. The van der Waals surface area contributed by atoms with E-state index in [1.807, 2.05) is 6.92 Å². The molecule has 2 saturated carbocycles. The van der Waals surface area contributed by atoms with Crippen molar-refractivity contribution in [3.05, 3.63) is 28.8 Å². The fourth-order valence-corrected chi connectivity index (χ4v) is 9.76. The minimum absolute atomic E-state index is 0.0580. The highest BCUT2D eigenvalue weighted by Gasteiger charge is 2.61. The minimum Gasteiger partial charge on any atom is -0.778 e. The topological polar surface area (TPSA) is 98.7 Å². The Morgan fingerprint density at radius 2 is 1.71 bits per heavy atom. The van der Waals surface area contributed by atoms with E-state index in [0.717, 1.165) is 24.0 Å². The number of phosphoric acid groups is 1. The molecule has 0 aliphatic heterocycles. The van der Waals surface area contributed by atoms with Crippen molar-refractivity contribution < 1.29 is 27.8 Å². The predicted molar refractivity (Wildman–Crippen MR) is 117 cm³/mol. The lowest BCUT2D eigenvalue weighted by Gasteiger charge is -2.61. The minimum atomic E-state index is -5.01. The maximum atomic E-state index is 12.1. The third-order valence-electron chi connectivity index (χ3n) is 8.64. The van der Waals surface area contributed by atoms with Crippen LogP contribution in [0.15, 0.2) is 12.1 Å². The second kappa shape index (κ2) is 7.18. The number of fused-ring (bicyclic) bond motifs is 5. The molecule has 0 aromatic heterocycles. The first-order chi connectivity index (χ1) is 14.1. The van der Waals surface area contributed by atoms with Crippen LogP contribution in [0.3, 0.4) is 0 Å². The Kier molecular flexibility index (Phi) is 5.44. The van der Waals surface area contributed by atoms with Crippen molar-refractivity contribution >= 4 is 15.4 Å². The van der Waals surface area contributed by atoms with Crippen molar-refractivity contribution in [1.29, 1.82) is 0 Å². The lowest BCUT2D eigenvalue weighted by Crippen LogP contribution is -2.55. The van der Waals surface area contributed by atoms with Gasteiger partial charge in [-0.15, -0.1) is 0 Å². The van der Waals surface area contributed by atoms with Gasteiger partial charge in [0.25, 0.3) is 0 Å². The molecule has 3 aliphatic rings. The van der Waals surface area contributed by atoms with E-state index >= 15 is 0 Å². The maximum absolute atomic E-state index is 12.1. The molecule has 0 amide bonds. The van der Waals surface area contributed by atoms with E-state index in [4.69, 9.17) is 4.52 Å². The monoisotopic (exact) mass is 468 g/mol. The van der Waals surface area contributed by atoms with Crippen LogP contribution in [0.25, 0.3) is 0 Å². The lowest BCUT2D eigenvalue weighted by atomic mass is 9.43. The Morgan fingerprint density at radius 1 is 1.03 bits per heavy atom. The van der Waals surface area contributed by atoms with Crippen LogP contribution in [-0.2, 0) is 25.3 Å². The molecule has 8 heteroatoms. The molecule has 1 aromatic carbocycles. The third kappa shape index (κ3) is 3.97. The normalized spacial score (nSPS) is 37.7. The molecule has 2 unspecified atom stereocenters. The molecular formula is C23H34O6P2-2. The number of rotatable bonds is 4. The fourth-order valence-electron chi connectivity index (χ4n) is 7.81. The summed E-state index contributed by atoms with van der Waals surface area (Å²) in [6, 6.07) is 3.47. The van der Waals surface area contributed by atoms with Crippen molar-refractivity contribution in [3.63, 3.8) is 0 Å². The van der Waals surface area contributed by atoms with Crippen molar-refractivity contribution in [1.82, 2.24) is 0 Å². The summed E-state index contributed by atoms with van der Waals surface area (Å²) >= 11 is 0. The van der Waals surface area contributed by atoms with Gasteiger partial charge in [0.05, 0.1) is 0 Å². The molecule has 3 aliphatic carbocycles. The number of benzene rings is 1. The molecule has 174 valence electrons. The summed E-state index contributed by atoms with van der Waals surface area (Å²) in [6.45, 7) is 12.4. The average Bonchev–Trinajstić information content (AvgIpc) is 2.85. The molecule has 0 saturated heterocycles. The van der Waals surface area contributed by atoms with Gasteiger partial charge in [-0.2, -0.15) is 0 Å². The number of hydrogen-bond donors (Lipinski definition) is 0. The second-order valence-electron chi connectivity index (χ2n) is 11.3. The van der Waals surface area contributed by atoms with Gasteiger partial charge in [0.2, 0.25) is 0 Å². The first-order valence-electron chi connectivity index (χ1n) is 11.2. The standard InChI is InChI=1S/C23H36O6P2/c1-15-12-17(28-31(26,27)29-30(6,24)25)13-16-14-19-22(4)10-7-9-21(2,3)18(22)8-11-23(19,5)20(15)16/h12-13,18-19H,7-11,14H2,1-6H3,(H,24,25)(H,26,27)/p-2/t18-,19+,22-,23+/m0/s1. The largest absolute Gasteiger partial charge is 0.778 e. The Balaban J connectivity index is 1.70. The number of aryl methyl sites for hydroxylation is 1. The van der Waals surface area contributed by atoms with Gasteiger partial charge < -0.3 is 18.9 Å². The molecule has 4 rings (SSSR count). The molecule has 0 spiro atoms. The van der Waals surface area contributed by atoms with Crippen LogP contribution >= 0.6 is 15.4 Å². The van der Waals surface area contributed by atoms with E-state index in [1.54, 1.807) is 12.1 Å². The summed E-state index contributed by atoms with van der Waals surface area (Å²) in [5, 5.41) is 0. The van der Waals surface area contributed by atoms with E-state index in [0.29, 0.717) is 23.9 Å². The van der Waals surface area contributed by atoms with Gasteiger partial charge in [0.1, 0.15) is 13.3 Å². The Labute approximate surface area is 185 Å². The van der Waals surface area contributed by atoms with Gasteiger partial charge in [-0.05, 0) is 95.9 Å². The zero-order valence-electron chi connectivity index (χ0n) is 19.4. The molecule has 1 aromatic rings. The predicted octanol–water partition coefficient (Wildman–Crippen LogP) is 5.10. The van der Waals surface area contributed by atoms with Crippen LogP contribution in [0.1, 0.15) is 76.5 Å². The molecule has 31 heavy (non-hydrogen) atoms. The summed E-state index contributed by atoms with van der Waals surface area (Å²) < 4.78 is 32.6. The van der Waals surface area contributed by atoms with Crippen LogP contribution in [0.4, 0.5) is 0 Å². The fraction of sp³-hybridized carbons (Fsp3) is 0.739. The second-order valence-corrected chi connectivity index (χ2v) is 14.6. The first kappa shape index (κ1) is 23.5. The highest BCUT2D eigenvalue weighted by atomic mass is 31.3. The summed E-state index contributed by atoms with van der Waals surface area (Å²) in [5.41, 5.74) is 4.08. The van der Waals surface area contributed by atoms with E-state index in [9.17, 15) is 18.9 Å². The van der Waals surface area contributed by atoms with Crippen molar-refractivity contribution in [2.45, 2.75) is 78.6 Å². The highest BCUT2D eigenvalue weighted by Crippen LogP contribution is 2.68. The van der Waals surface area contributed by atoms with Gasteiger partial charge >= 0.3 is 7.82 Å². The van der Waals surface area contributed by atoms with Gasteiger partial charge in [0.15, 0.2) is 0 Å². The zero-order valence-corrected chi connectivity index (χ0v) is 21.2. The smallest absolute Gasteiger partial charge is 0.324 e. The van der Waals surface area contributed by atoms with Crippen LogP contribution in [0.2, 0.25) is 0 Å². The number of phosphoric ester groups is 1. The van der Waals surface area contributed by atoms with Gasteiger partial charge in [-0.25, -0.2) is 0 Å². The van der Waals surface area contributed by atoms with E-state index in [1.165, 1.54) is 31.2 Å². The summed E-state index contributed by atoms with van der Waals surface area (Å²) in [7, 11) is -9.48. The Bertz CT molecular complexity index is 998. The Morgan fingerprint density at radius 3 is 2.35 bits per heavy atom. The van der Waals surface area contributed by atoms with E-state index in [2.05, 4.69) is 32.0 Å². The van der Waals surface area contributed by atoms with Crippen molar-refractivity contribution in [2.75, 3.05) is 6.66 Å². The van der Waals surface area contributed by atoms with Gasteiger partial charge in [-0.3, -0.25) is 8.88 Å². The van der Waals surface area contributed by atoms with Crippen LogP contribution in [-0.4, -0.2) is 6.66 Å². The summed E-state index contributed by atoms with van der Waals surface area (Å²) in [5.74, 6) is 1.30. The van der Waals surface area contributed by atoms with Crippen LogP contribution in [0.5, 0.6) is 5.75 Å². The van der Waals surface area contributed by atoms with Crippen LogP contribution in [0, 0.1) is 29.6 Å². The van der Waals surface area contributed by atoms with E-state index < -0.39 is 15.4 Å². The third-order valence-corrected chi connectivity index (χ3v) is 11.1. The van der Waals surface area contributed by atoms with Gasteiger partial charge in [0, 0.05) is 6.66 Å². The first-order valence-corrected chi connectivity index (χ1v) is 14.7. The molecular weight excluding hydrogens is 434 g/mol. The number of hydrogen-bond acceptors (Lipinski definition) is 6. The van der Waals surface area contributed by atoms with Crippen molar-refractivity contribution in [2.24, 2.45) is 22.7 Å². The molecule has 6 atom stereocenters. The molecule has 0 radical (unpaired) electrons. The maximum Gasteiger partial charge on any atom is 0.324 e. The highest BCUT2D eigenvalue weighted by molar-refractivity contribution is 7.62. The lowest BCUT2D eigenvalue weighted by molar-refractivity contribution is -0.224. The van der Waals surface area contributed by atoms with Crippen LogP contribution < -0.4 is 14.3 Å². The summed E-state index contributed by atoms with van der Waals surface area (Å²) in [4.78, 5) is 23.3. The van der Waals surface area contributed by atoms with E-state index in [-0.39, 0.29) is 16.6 Å². The average molecular weight is 468 g/mol. The van der Waals surface area contributed by atoms with Crippen molar-refractivity contribution in [3.8, 4) is 5.75 Å². The molecule has 6 nitrogen and oxygen atoms in total.